The molecule has 2 rings (SSSR count). The molecule has 2 unspecified atom stereocenters. The zero-order valence-electron chi connectivity index (χ0n) is 13.3. The van der Waals surface area contributed by atoms with Crippen LogP contribution < -0.4 is 5.32 Å². The molecule has 0 amide bonds. The molecule has 2 heterocycles. The Kier molecular flexibility index (Phi) is 6.04. The van der Waals surface area contributed by atoms with E-state index in [1.165, 1.54) is 6.42 Å². The van der Waals surface area contributed by atoms with Crippen molar-refractivity contribution in [3.05, 3.63) is 18.5 Å². The molecule has 1 aliphatic rings. The van der Waals surface area contributed by atoms with Gasteiger partial charge in [-0.15, -0.1) is 0 Å². The van der Waals surface area contributed by atoms with Crippen LogP contribution in [0.1, 0.15) is 13.3 Å². The first-order valence-corrected chi connectivity index (χ1v) is 7.65. The highest BCUT2D eigenvalue weighted by atomic mass is 16.5. The summed E-state index contributed by atoms with van der Waals surface area (Å²) in [6.07, 6.45) is 5.00. The van der Waals surface area contributed by atoms with E-state index in [0.29, 0.717) is 11.8 Å². The predicted molar refractivity (Wildman–Crippen MR) is 84.3 cm³/mol. The number of nitrogens with zero attached hydrogens (tertiary/aromatic N) is 4. The summed E-state index contributed by atoms with van der Waals surface area (Å²) in [4.78, 5) is 6.73. The van der Waals surface area contributed by atoms with Gasteiger partial charge in [0.05, 0.1) is 6.61 Å². The van der Waals surface area contributed by atoms with E-state index >= 15 is 0 Å². The number of ether oxygens (including phenoxy) is 1. The third kappa shape index (κ3) is 4.74. The molecule has 1 aliphatic heterocycles. The summed E-state index contributed by atoms with van der Waals surface area (Å²) in [6.45, 7) is 6.96. The van der Waals surface area contributed by atoms with Crippen LogP contribution in [-0.4, -0.2) is 61.0 Å². The van der Waals surface area contributed by atoms with Crippen LogP contribution in [0, 0.1) is 11.8 Å². The smallest absolute Gasteiger partial charge is 0.193 e. The number of aliphatic imine (C=N–C) groups is 1. The Balaban J connectivity index is 1.75. The van der Waals surface area contributed by atoms with Crippen LogP contribution in [0.25, 0.3) is 0 Å². The number of hydrogen-bond donors (Lipinski definition) is 1. The van der Waals surface area contributed by atoms with E-state index in [1.807, 2.05) is 30.2 Å². The highest BCUT2D eigenvalue weighted by Crippen LogP contribution is 2.16. The monoisotopic (exact) mass is 293 g/mol. The minimum atomic E-state index is 0.499. The summed E-state index contributed by atoms with van der Waals surface area (Å²) in [5, 5.41) is 7.73. The van der Waals surface area contributed by atoms with Crippen LogP contribution in [0.3, 0.4) is 0 Å². The zero-order valence-corrected chi connectivity index (χ0v) is 13.3. The molecule has 0 saturated carbocycles. The van der Waals surface area contributed by atoms with Crippen LogP contribution in [0.2, 0.25) is 0 Å². The second kappa shape index (κ2) is 8.02. The Hall–Kier alpha value is -1.56. The molecule has 1 aromatic heterocycles. The SMILES string of the molecule is CN=C(NCC(C)Cn1cccn1)N1CCC(COC)C1. The standard InChI is InChI=1S/C15H27N5O/c1-13(10-20-7-4-6-18-20)9-17-15(16-2)19-8-5-14(11-19)12-21-3/h4,6-7,13-14H,5,8-12H2,1-3H3,(H,16,17). The van der Waals surface area contributed by atoms with Crippen molar-refractivity contribution in [2.45, 2.75) is 19.9 Å². The highest BCUT2D eigenvalue weighted by molar-refractivity contribution is 5.80. The molecule has 118 valence electrons. The van der Waals surface area contributed by atoms with Gasteiger partial charge in [-0.1, -0.05) is 6.92 Å². The maximum absolute atomic E-state index is 5.25. The van der Waals surface area contributed by atoms with Crippen LogP contribution in [-0.2, 0) is 11.3 Å². The number of nitrogens with one attached hydrogen (secondary N) is 1. The van der Waals surface area contributed by atoms with Crippen molar-refractivity contribution in [2.24, 2.45) is 16.8 Å². The average molecular weight is 293 g/mol. The van der Waals surface area contributed by atoms with Crippen molar-refractivity contribution in [3.63, 3.8) is 0 Å². The maximum atomic E-state index is 5.25. The first-order chi connectivity index (χ1) is 10.2. The van der Waals surface area contributed by atoms with Crippen molar-refractivity contribution < 1.29 is 4.74 Å². The molecule has 1 N–H and O–H groups in total. The van der Waals surface area contributed by atoms with Gasteiger partial charge in [0.15, 0.2) is 5.96 Å². The number of rotatable bonds is 6. The molecular formula is C15H27N5O. The summed E-state index contributed by atoms with van der Waals surface area (Å²) in [5.41, 5.74) is 0. The fourth-order valence-electron chi connectivity index (χ4n) is 2.79. The molecule has 0 bridgehead atoms. The van der Waals surface area contributed by atoms with E-state index in [0.717, 1.165) is 38.7 Å². The topological polar surface area (TPSA) is 54.7 Å². The Morgan fingerprint density at radius 3 is 3.10 bits per heavy atom. The molecule has 1 aromatic rings. The number of hydrogen-bond acceptors (Lipinski definition) is 3. The summed E-state index contributed by atoms with van der Waals surface area (Å²) in [7, 11) is 3.62. The third-order valence-electron chi connectivity index (χ3n) is 3.87. The number of aromatic nitrogens is 2. The Morgan fingerprint density at radius 2 is 2.43 bits per heavy atom. The predicted octanol–water partition coefficient (Wildman–Crippen LogP) is 1.06. The number of guanidine groups is 1. The summed E-state index contributed by atoms with van der Waals surface area (Å²) in [6, 6.07) is 1.96. The van der Waals surface area contributed by atoms with E-state index in [1.54, 1.807) is 7.11 Å². The van der Waals surface area contributed by atoms with Gasteiger partial charge in [0.2, 0.25) is 0 Å². The Morgan fingerprint density at radius 1 is 1.57 bits per heavy atom. The van der Waals surface area contributed by atoms with Gasteiger partial charge in [0.1, 0.15) is 0 Å². The van der Waals surface area contributed by atoms with Crippen molar-refractivity contribution in [2.75, 3.05) is 40.4 Å². The maximum Gasteiger partial charge on any atom is 0.193 e. The van der Waals surface area contributed by atoms with Gasteiger partial charge >= 0.3 is 0 Å². The first-order valence-electron chi connectivity index (χ1n) is 7.65. The molecule has 1 fully saturated rings. The fraction of sp³-hybridized carbons (Fsp3) is 0.733. The van der Waals surface area contributed by atoms with Crippen molar-refractivity contribution in [1.82, 2.24) is 20.0 Å². The van der Waals surface area contributed by atoms with Crippen LogP contribution in [0.5, 0.6) is 0 Å². The summed E-state index contributed by atoms with van der Waals surface area (Å²) >= 11 is 0. The van der Waals surface area contributed by atoms with Crippen LogP contribution >= 0.6 is 0 Å². The highest BCUT2D eigenvalue weighted by Gasteiger charge is 2.24. The lowest BCUT2D eigenvalue weighted by molar-refractivity contribution is 0.157. The Bertz CT molecular complexity index is 431. The molecule has 0 aliphatic carbocycles. The third-order valence-corrected chi connectivity index (χ3v) is 3.87. The normalized spacial score (nSPS) is 20.8. The van der Waals surface area contributed by atoms with Gasteiger partial charge < -0.3 is 15.0 Å². The van der Waals surface area contributed by atoms with Gasteiger partial charge in [-0.25, -0.2) is 0 Å². The molecule has 21 heavy (non-hydrogen) atoms. The van der Waals surface area contributed by atoms with Gasteiger partial charge in [0.25, 0.3) is 0 Å². The van der Waals surface area contributed by atoms with Gasteiger partial charge in [0, 0.05) is 58.6 Å². The Labute approximate surface area is 127 Å². The second-order valence-corrected chi connectivity index (χ2v) is 5.82. The summed E-state index contributed by atoms with van der Waals surface area (Å²) < 4.78 is 7.22. The molecule has 0 radical (unpaired) electrons. The summed E-state index contributed by atoms with van der Waals surface area (Å²) in [5.74, 6) is 2.12. The van der Waals surface area contributed by atoms with E-state index in [9.17, 15) is 0 Å². The second-order valence-electron chi connectivity index (χ2n) is 5.82. The molecule has 2 atom stereocenters. The van der Waals surface area contributed by atoms with Crippen LogP contribution in [0.15, 0.2) is 23.5 Å². The molecule has 6 nitrogen and oxygen atoms in total. The zero-order chi connectivity index (χ0) is 15.1. The molecule has 6 heteroatoms. The van der Waals surface area contributed by atoms with Crippen LogP contribution in [0.4, 0.5) is 0 Å². The lowest BCUT2D eigenvalue weighted by Crippen LogP contribution is -2.42. The molecule has 0 aromatic carbocycles. The number of methoxy groups -OCH3 is 1. The number of likely N-dealkylation sites (tertiary alicyclic amines) is 1. The van der Waals surface area contributed by atoms with Gasteiger partial charge in [-0.2, -0.15) is 5.10 Å². The van der Waals surface area contributed by atoms with Gasteiger partial charge in [-0.05, 0) is 18.4 Å². The van der Waals surface area contributed by atoms with Crippen molar-refractivity contribution in [3.8, 4) is 0 Å². The quantitative estimate of drug-likeness (QED) is 0.629. The van der Waals surface area contributed by atoms with E-state index in [-0.39, 0.29) is 0 Å². The molecule has 0 spiro atoms. The first kappa shape index (κ1) is 15.8. The largest absolute Gasteiger partial charge is 0.384 e. The molecule has 1 saturated heterocycles. The van der Waals surface area contributed by atoms with E-state index in [4.69, 9.17) is 4.74 Å². The van der Waals surface area contributed by atoms with E-state index in [2.05, 4.69) is 27.2 Å². The molecular weight excluding hydrogens is 266 g/mol. The van der Waals surface area contributed by atoms with Gasteiger partial charge in [-0.3, -0.25) is 9.67 Å². The van der Waals surface area contributed by atoms with Crippen molar-refractivity contribution in [1.29, 1.82) is 0 Å². The average Bonchev–Trinajstić information content (AvgIpc) is 3.12. The van der Waals surface area contributed by atoms with E-state index < -0.39 is 0 Å². The van der Waals surface area contributed by atoms with Crippen molar-refractivity contribution >= 4 is 5.96 Å². The lowest BCUT2D eigenvalue weighted by atomic mass is 10.1. The fourth-order valence-corrected chi connectivity index (χ4v) is 2.79. The lowest BCUT2D eigenvalue weighted by Gasteiger charge is -2.23. The minimum Gasteiger partial charge on any atom is -0.384 e. The minimum absolute atomic E-state index is 0.499.